The van der Waals surface area contributed by atoms with E-state index in [1.165, 1.54) is 25.9 Å². The van der Waals surface area contributed by atoms with Gasteiger partial charge in [-0.25, -0.2) is 0 Å². The van der Waals surface area contributed by atoms with Gasteiger partial charge in [0.25, 0.3) is 0 Å². The summed E-state index contributed by atoms with van der Waals surface area (Å²) in [5.74, 6) is 1.47. The number of fused-ring (bicyclic) bond motifs is 2. The zero-order valence-corrected chi connectivity index (χ0v) is 10.1. The summed E-state index contributed by atoms with van der Waals surface area (Å²) in [5.41, 5.74) is -0.0548. The summed E-state index contributed by atoms with van der Waals surface area (Å²) in [5, 5.41) is 4.14. The highest BCUT2D eigenvalue weighted by atomic mass is 16.7. The lowest BCUT2D eigenvalue weighted by Crippen LogP contribution is -2.59. The van der Waals surface area contributed by atoms with Gasteiger partial charge < -0.3 is 9.57 Å². The van der Waals surface area contributed by atoms with Crippen molar-refractivity contribution in [1.82, 2.24) is 4.90 Å². The van der Waals surface area contributed by atoms with Gasteiger partial charge in [0.15, 0.2) is 5.60 Å². The highest BCUT2D eigenvalue weighted by molar-refractivity contribution is 5.78. The minimum absolute atomic E-state index is 0.0548. The standard InChI is InChI=1S/C12H20N2O2/c1-9(2)15-11-7-12(16-13-11)8-14-5-3-10(12)4-6-14/h9-10H,3-8H2,1-2H3. The molecular formula is C12H20N2O2. The molecule has 0 aromatic carbocycles. The van der Waals surface area contributed by atoms with Crippen LogP contribution >= 0.6 is 0 Å². The van der Waals surface area contributed by atoms with Gasteiger partial charge in [-0.1, -0.05) is 5.16 Å². The van der Waals surface area contributed by atoms with Crippen LogP contribution < -0.4 is 0 Å². The third kappa shape index (κ3) is 1.59. The van der Waals surface area contributed by atoms with Crippen LogP contribution in [0.2, 0.25) is 0 Å². The molecule has 1 unspecified atom stereocenters. The van der Waals surface area contributed by atoms with Crippen LogP contribution in [0.15, 0.2) is 5.16 Å². The van der Waals surface area contributed by atoms with E-state index in [0.29, 0.717) is 5.92 Å². The van der Waals surface area contributed by atoms with E-state index in [-0.39, 0.29) is 11.7 Å². The molecule has 4 nitrogen and oxygen atoms in total. The monoisotopic (exact) mass is 224 g/mol. The van der Waals surface area contributed by atoms with Gasteiger partial charge in [-0.3, -0.25) is 4.90 Å². The molecule has 3 saturated heterocycles. The minimum atomic E-state index is -0.0548. The normalized spacial score (nSPS) is 41.3. The van der Waals surface area contributed by atoms with Crippen LogP contribution in [0.5, 0.6) is 0 Å². The highest BCUT2D eigenvalue weighted by Crippen LogP contribution is 2.43. The second-order valence-corrected chi connectivity index (χ2v) is 5.53. The quantitative estimate of drug-likeness (QED) is 0.678. The van der Waals surface area contributed by atoms with Gasteiger partial charge in [0.2, 0.25) is 5.90 Å². The van der Waals surface area contributed by atoms with Crippen LogP contribution in [0.3, 0.4) is 0 Å². The van der Waals surface area contributed by atoms with Crippen molar-refractivity contribution in [3.05, 3.63) is 0 Å². The molecule has 1 spiro atoms. The fraction of sp³-hybridized carbons (Fsp3) is 0.917. The van der Waals surface area contributed by atoms with E-state index in [9.17, 15) is 0 Å². The third-order valence-corrected chi connectivity index (χ3v) is 3.97. The van der Waals surface area contributed by atoms with E-state index in [2.05, 4.69) is 10.1 Å². The molecular weight excluding hydrogens is 204 g/mol. The number of hydrogen-bond acceptors (Lipinski definition) is 4. The maximum absolute atomic E-state index is 5.75. The number of ether oxygens (including phenoxy) is 1. The molecule has 0 N–H and O–H groups in total. The van der Waals surface area contributed by atoms with Crippen molar-refractivity contribution in [2.75, 3.05) is 19.6 Å². The SMILES string of the molecule is CC(C)OC1=NOC2(C1)CN1CCC2CC1. The van der Waals surface area contributed by atoms with Crippen LogP contribution in [0.4, 0.5) is 0 Å². The molecule has 3 fully saturated rings. The predicted octanol–water partition coefficient (Wildman–Crippen LogP) is 1.61. The van der Waals surface area contributed by atoms with Gasteiger partial charge in [-0.15, -0.1) is 0 Å². The molecule has 4 rings (SSSR count). The Labute approximate surface area is 96.6 Å². The van der Waals surface area contributed by atoms with E-state index in [1.807, 2.05) is 13.8 Å². The van der Waals surface area contributed by atoms with E-state index in [4.69, 9.17) is 9.57 Å². The Morgan fingerprint density at radius 2 is 2.19 bits per heavy atom. The number of nitrogens with zero attached hydrogens (tertiary/aromatic N) is 2. The van der Waals surface area contributed by atoms with Gasteiger partial charge in [0.1, 0.15) is 0 Å². The van der Waals surface area contributed by atoms with Crippen molar-refractivity contribution in [1.29, 1.82) is 0 Å². The Morgan fingerprint density at radius 3 is 2.75 bits per heavy atom. The number of piperidine rings is 3. The number of hydrogen-bond donors (Lipinski definition) is 0. The Morgan fingerprint density at radius 1 is 1.44 bits per heavy atom. The van der Waals surface area contributed by atoms with E-state index >= 15 is 0 Å². The van der Waals surface area contributed by atoms with E-state index < -0.39 is 0 Å². The van der Waals surface area contributed by atoms with Crippen LogP contribution in [0.1, 0.15) is 33.1 Å². The van der Waals surface area contributed by atoms with Crippen LogP contribution in [-0.2, 0) is 9.57 Å². The topological polar surface area (TPSA) is 34.1 Å². The van der Waals surface area contributed by atoms with Crippen molar-refractivity contribution in [3.63, 3.8) is 0 Å². The molecule has 16 heavy (non-hydrogen) atoms. The molecule has 0 aromatic rings. The van der Waals surface area contributed by atoms with Crippen LogP contribution in [0.25, 0.3) is 0 Å². The molecule has 1 atom stereocenters. The van der Waals surface area contributed by atoms with Gasteiger partial charge in [-0.2, -0.15) is 0 Å². The lowest BCUT2D eigenvalue weighted by Gasteiger charge is -2.49. The van der Waals surface area contributed by atoms with Crippen molar-refractivity contribution in [2.45, 2.75) is 44.8 Å². The molecule has 4 heteroatoms. The van der Waals surface area contributed by atoms with Crippen molar-refractivity contribution >= 4 is 5.90 Å². The van der Waals surface area contributed by atoms with Crippen molar-refractivity contribution < 1.29 is 9.57 Å². The molecule has 90 valence electrons. The smallest absolute Gasteiger partial charge is 0.230 e. The lowest BCUT2D eigenvalue weighted by molar-refractivity contribution is -0.136. The third-order valence-electron chi connectivity index (χ3n) is 3.97. The summed E-state index contributed by atoms with van der Waals surface area (Å²) in [6, 6.07) is 0. The molecule has 2 bridgehead atoms. The Bertz CT molecular complexity index is 308. The molecule has 0 aliphatic carbocycles. The first-order valence-corrected chi connectivity index (χ1v) is 6.32. The predicted molar refractivity (Wildman–Crippen MR) is 61.3 cm³/mol. The summed E-state index contributed by atoms with van der Waals surface area (Å²) in [6.45, 7) is 7.56. The Kier molecular flexibility index (Phi) is 2.35. The van der Waals surface area contributed by atoms with Gasteiger partial charge in [-0.05, 0) is 39.8 Å². The zero-order valence-electron chi connectivity index (χ0n) is 10.1. The van der Waals surface area contributed by atoms with E-state index in [1.54, 1.807) is 0 Å². The Hall–Kier alpha value is -0.770. The summed E-state index contributed by atoms with van der Waals surface area (Å²) in [6.07, 6.45) is 3.57. The second-order valence-electron chi connectivity index (χ2n) is 5.53. The molecule has 4 heterocycles. The lowest BCUT2D eigenvalue weighted by atomic mass is 9.74. The summed E-state index contributed by atoms with van der Waals surface area (Å²) >= 11 is 0. The summed E-state index contributed by atoms with van der Waals surface area (Å²) in [4.78, 5) is 8.24. The van der Waals surface area contributed by atoms with E-state index in [0.717, 1.165) is 18.9 Å². The maximum atomic E-state index is 5.75. The molecule has 4 aliphatic heterocycles. The summed E-state index contributed by atoms with van der Waals surface area (Å²) in [7, 11) is 0. The number of oxime groups is 1. The largest absolute Gasteiger partial charge is 0.476 e. The van der Waals surface area contributed by atoms with Gasteiger partial charge in [0.05, 0.1) is 12.5 Å². The highest BCUT2D eigenvalue weighted by Gasteiger charge is 2.52. The van der Waals surface area contributed by atoms with Crippen molar-refractivity contribution in [3.8, 4) is 0 Å². The first kappa shape index (κ1) is 10.4. The van der Waals surface area contributed by atoms with Crippen molar-refractivity contribution in [2.24, 2.45) is 11.1 Å². The van der Waals surface area contributed by atoms with Crippen LogP contribution in [0, 0.1) is 5.92 Å². The average Bonchev–Trinajstić information content (AvgIpc) is 2.62. The summed E-state index contributed by atoms with van der Waals surface area (Å²) < 4.78 is 5.65. The van der Waals surface area contributed by atoms with Gasteiger partial charge in [0, 0.05) is 12.5 Å². The molecule has 0 amide bonds. The average molecular weight is 224 g/mol. The maximum Gasteiger partial charge on any atom is 0.230 e. The molecule has 0 aromatic heterocycles. The fourth-order valence-corrected chi connectivity index (χ4v) is 3.23. The Balaban J connectivity index is 1.69. The van der Waals surface area contributed by atoms with Gasteiger partial charge >= 0.3 is 0 Å². The minimum Gasteiger partial charge on any atom is -0.476 e. The first-order chi connectivity index (χ1) is 7.68. The molecule has 0 radical (unpaired) electrons. The number of rotatable bonds is 1. The molecule has 4 aliphatic rings. The first-order valence-electron chi connectivity index (χ1n) is 6.32. The second kappa shape index (κ2) is 3.62. The zero-order chi connectivity index (χ0) is 11.2. The van der Waals surface area contributed by atoms with Crippen LogP contribution in [-0.4, -0.2) is 42.1 Å². The molecule has 0 saturated carbocycles. The fourth-order valence-electron chi connectivity index (χ4n) is 3.23.